The molecule has 1 aliphatic rings. The number of halogens is 2. The predicted molar refractivity (Wildman–Crippen MR) is 115 cm³/mol. The van der Waals surface area contributed by atoms with Gasteiger partial charge in [-0.2, -0.15) is 14.6 Å². The summed E-state index contributed by atoms with van der Waals surface area (Å²) in [6.45, 7) is 5.72. The highest BCUT2D eigenvalue weighted by Crippen LogP contribution is 2.30. The smallest absolute Gasteiger partial charge is 0.280 e. The van der Waals surface area contributed by atoms with Crippen LogP contribution in [-0.4, -0.2) is 50.1 Å². The van der Waals surface area contributed by atoms with Crippen LogP contribution in [0, 0.1) is 13.8 Å². The number of piperidine rings is 1. The Morgan fingerprint density at radius 3 is 2.72 bits per heavy atom. The number of carbonyl (C=O) groups excluding carboxylic acids is 1. The number of ether oxygens (including phenoxy) is 1. The summed E-state index contributed by atoms with van der Waals surface area (Å²) in [6, 6.07) is 7.46. The molecule has 0 spiro atoms. The van der Waals surface area contributed by atoms with Crippen molar-refractivity contribution in [3.05, 3.63) is 53.1 Å². The fourth-order valence-electron chi connectivity index (χ4n) is 4.17. The molecule has 3 heterocycles. The number of carbonyl (C=O) groups is 1. The molecule has 1 amide bonds. The Hall–Kier alpha value is -3.10. The molecule has 0 N–H and O–H groups in total. The Labute approximate surface area is 185 Å². The van der Waals surface area contributed by atoms with Crippen LogP contribution in [0.4, 0.5) is 8.78 Å². The lowest BCUT2D eigenvalue weighted by atomic mass is 9.92. The van der Waals surface area contributed by atoms with Gasteiger partial charge in [-0.05, 0) is 50.8 Å². The van der Waals surface area contributed by atoms with E-state index < -0.39 is 6.43 Å². The number of benzene rings is 1. The number of hydrogen-bond donors (Lipinski definition) is 0. The van der Waals surface area contributed by atoms with Crippen molar-refractivity contribution >= 4 is 11.7 Å². The monoisotopic (exact) mass is 443 g/mol. The first-order chi connectivity index (χ1) is 15.4. The molecule has 1 fully saturated rings. The molecular weight excluding hydrogens is 416 g/mol. The van der Waals surface area contributed by atoms with Gasteiger partial charge < -0.3 is 9.64 Å². The average molecular weight is 443 g/mol. The summed E-state index contributed by atoms with van der Waals surface area (Å²) >= 11 is 0. The first kappa shape index (κ1) is 22.1. The molecule has 0 saturated carbocycles. The van der Waals surface area contributed by atoms with Gasteiger partial charge >= 0.3 is 0 Å². The van der Waals surface area contributed by atoms with Gasteiger partial charge in [0.15, 0.2) is 0 Å². The fourth-order valence-corrected chi connectivity index (χ4v) is 4.17. The Bertz CT molecular complexity index is 1090. The zero-order valence-electron chi connectivity index (χ0n) is 18.3. The SMILES string of the molecule is Cc1ccc(OCCCC(=O)N2CCC(c3cc(C(F)F)n4ncnc4n3)CC2)c(C)c1. The number of hydrogen-bond acceptors (Lipinski definition) is 5. The number of fused-ring (bicyclic) bond motifs is 1. The van der Waals surface area contributed by atoms with E-state index in [9.17, 15) is 13.6 Å². The fraction of sp³-hybridized carbons (Fsp3) is 0.478. The number of likely N-dealkylation sites (tertiary alicyclic amines) is 1. The van der Waals surface area contributed by atoms with Gasteiger partial charge in [0.2, 0.25) is 5.91 Å². The Kier molecular flexibility index (Phi) is 6.62. The lowest BCUT2D eigenvalue weighted by Gasteiger charge is -2.32. The van der Waals surface area contributed by atoms with E-state index in [-0.39, 0.29) is 23.3 Å². The standard InChI is InChI=1S/C23H27F2N5O2/c1-15-5-6-20(16(2)12-15)32-11-3-4-21(31)29-9-7-17(8-10-29)18-13-19(22(24)25)30-23(28-18)26-14-27-30/h5-6,12-14,17,22H,3-4,7-11H2,1-2H3. The van der Waals surface area contributed by atoms with Crippen molar-refractivity contribution in [2.75, 3.05) is 19.7 Å². The number of nitrogens with zero attached hydrogens (tertiary/aromatic N) is 5. The van der Waals surface area contributed by atoms with Crippen LogP contribution < -0.4 is 4.74 Å². The Balaban J connectivity index is 1.27. The third-order valence-electron chi connectivity index (χ3n) is 5.91. The van der Waals surface area contributed by atoms with E-state index in [0.29, 0.717) is 51.1 Å². The summed E-state index contributed by atoms with van der Waals surface area (Å²) in [5.41, 5.74) is 2.67. The summed E-state index contributed by atoms with van der Waals surface area (Å²) in [5, 5.41) is 3.82. The van der Waals surface area contributed by atoms with Crippen molar-refractivity contribution in [2.24, 2.45) is 0 Å². The third kappa shape index (κ3) is 4.87. The second-order valence-electron chi connectivity index (χ2n) is 8.25. The van der Waals surface area contributed by atoms with Crippen LogP contribution in [0.25, 0.3) is 5.78 Å². The predicted octanol–water partition coefficient (Wildman–Crippen LogP) is 4.24. The molecule has 1 aromatic carbocycles. The minimum atomic E-state index is -2.66. The maximum atomic E-state index is 13.4. The summed E-state index contributed by atoms with van der Waals surface area (Å²) in [5.74, 6) is 1.15. The molecule has 32 heavy (non-hydrogen) atoms. The third-order valence-corrected chi connectivity index (χ3v) is 5.91. The molecule has 7 nitrogen and oxygen atoms in total. The highest BCUT2D eigenvalue weighted by atomic mass is 19.3. The molecule has 4 rings (SSSR count). The minimum absolute atomic E-state index is 0.0195. The van der Waals surface area contributed by atoms with Gasteiger partial charge in [-0.3, -0.25) is 4.79 Å². The number of aromatic nitrogens is 4. The van der Waals surface area contributed by atoms with E-state index in [1.807, 2.05) is 30.9 Å². The summed E-state index contributed by atoms with van der Waals surface area (Å²) in [6.07, 6.45) is 1.01. The van der Waals surface area contributed by atoms with Gasteiger partial charge in [0.05, 0.1) is 6.61 Å². The zero-order valence-corrected chi connectivity index (χ0v) is 18.3. The summed E-state index contributed by atoms with van der Waals surface area (Å²) in [7, 11) is 0. The quantitative estimate of drug-likeness (QED) is 0.511. The van der Waals surface area contributed by atoms with Gasteiger partial charge in [0.25, 0.3) is 12.2 Å². The molecule has 0 radical (unpaired) electrons. The molecule has 3 aromatic rings. The topological polar surface area (TPSA) is 72.6 Å². The number of amides is 1. The van der Waals surface area contributed by atoms with Crippen LogP contribution in [0.5, 0.6) is 5.75 Å². The second-order valence-corrected chi connectivity index (χ2v) is 8.25. The molecule has 0 atom stereocenters. The molecule has 1 saturated heterocycles. The van der Waals surface area contributed by atoms with Crippen molar-refractivity contribution in [3.63, 3.8) is 0 Å². The van der Waals surface area contributed by atoms with Crippen LogP contribution in [0.1, 0.15) is 60.5 Å². The van der Waals surface area contributed by atoms with Gasteiger partial charge in [-0.25, -0.2) is 13.8 Å². The van der Waals surface area contributed by atoms with Gasteiger partial charge in [-0.15, -0.1) is 0 Å². The largest absolute Gasteiger partial charge is 0.493 e. The van der Waals surface area contributed by atoms with E-state index in [4.69, 9.17) is 4.74 Å². The maximum absolute atomic E-state index is 13.4. The molecule has 9 heteroatoms. The molecule has 1 aliphatic heterocycles. The van der Waals surface area contributed by atoms with Gasteiger partial charge in [0.1, 0.15) is 17.8 Å². The minimum Gasteiger partial charge on any atom is -0.493 e. The molecule has 0 unspecified atom stereocenters. The highest BCUT2D eigenvalue weighted by Gasteiger charge is 2.26. The zero-order chi connectivity index (χ0) is 22.7. The molecule has 0 aliphatic carbocycles. The van der Waals surface area contributed by atoms with E-state index in [0.717, 1.165) is 15.8 Å². The normalized spacial score (nSPS) is 15.0. The molecular formula is C23H27F2N5O2. The highest BCUT2D eigenvalue weighted by molar-refractivity contribution is 5.76. The molecule has 170 valence electrons. The van der Waals surface area contributed by atoms with Crippen molar-refractivity contribution in [1.82, 2.24) is 24.5 Å². The lowest BCUT2D eigenvalue weighted by Crippen LogP contribution is -2.38. The number of aryl methyl sites for hydroxylation is 2. The average Bonchev–Trinajstić information content (AvgIpc) is 3.25. The first-order valence-corrected chi connectivity index (χ1v) is 10.9. The van der Waals surface area contributed by atoms with E-state index in [1.54, 1.807) is 0 Å². The van der Waals surface area contributed by atoms with Crippen LogP contribution in [-0.2, 0) is 4.79 Å². The first-order valence-electron chi connectivity index (χ1n) is 10.9. The van der Waals surface area contributed by atoms with E-state index in [1.165, 1.54) is 18.0 Å². The number of rotatable bonds is 7. The lowest BCUT2D eigenvalue weighted by molar-refractivity contribution is -0.132. The summed E-state index contributed by atoms with van der Waals surface area (Å²) < 4.78 is 33.7. The molecule has 0 bridgehead atoms. The Morgan fingerprint density at radius 2 is 2.00 bits per heavy atom. The van der Waals surface area contributed by atoms with Crippen molar-refractivity contribution in [3.8, 4) is 5.75 Å². The van der Waals surface area contributed by atoms with Crippen LogP contribution in [0.3, 0.4) is 0 Å². The van der Waals surface area contributed by atoms with Crippen LogP contribution in [0.2, 0.25) is 0 Å². The maximum Gasteiger partial charge on any atom is 0.280 e. The van der Waals surface area contributed by atoms with Crippen molar-refractivity contribution < 1.29 is 18.3 Å². The van der Waals surface area contributed by atoms with Gasteiger partial charge in [0, 0.05) is 31.1 Å². The van der Waals surface area contributed by atoms with E-state index in [2.05, 4.69) is 21.1 Å². The Morgan fingerprint density at radius 1 is 1.22 bits per heavy atom. The van der Waals surface area contributed by atoms with E-state index >= 15 is 0 Å². The molecule has 2 aromatic heterocycles. The van der Waals surface area contributed by atoms with Crippen LogP contribution >= 0.6 is 0 Å². The second kappa shape index (κ2) is 9.58. The van der Waals surface area contributed by atoms with Crippen molar-refractivity contribution in [2.45, 2.75) is 51.9 Å². The summed E-state index contributed by atoms with van der Waals surface area (Å²) in [4.78, 5) is 22.8. The van der Waals surface area contributed by atoms with Crippen LogP contribution in [0.15, 0.2) is 30.6 Å². The van der Waals surface area contributed by atoms with Crippen molar-refractivity contribution in [1.29, 1.82) is 0 Å². The van der Waals surface area contributed by atoms with Gasteiger partial charge in [-0.1, -0.05) is 17.7 Å². The number of alkyl halides is 2.